The minimum absolute atomic E-state index is 0.0131. The van der Waals surface area contributed by atoms with Gasteiger partial charge in [0.1, 0.15) is 5.82 Å². The second kappa shape index (κ2) is 11.9. The maximum Gasteiger partial charge on any atom is 0.229 e. The van der Waals surface area contributed by atoms with E-state index in [4.69, 9.17) is 0 Å². The molecule has 1 fully saturated rings. The van der Waals surface area contributed by atoms with Crippen LogP contribution in [0.4, 0.5) is 5.82 Å². The normalized spacial score (nSPS) is 19.2. The van der Waals surface area contributed by atoms with Gasteiger partial charge in [-0.25, -0.2) is 4.98 Å². The first-order valence-corrected chi connectivity index (χ1v) is 10.2. The van der Waals surface area contributed by atoms with Gasteiger partial charge in [0.15, 0.2) is 0 Å². The Morgan fingerprint density at radius 2 is 2.00 bits per heavy atom. The number of carbonyl (C=O) groups is 1. The minimum Gasteiger partial charge on any atom is -0.394 e. The number of likely N-dealkylation sites (N-methyl/N-ethyl adjacent to an activating group) is 1. The first-order valence-electron chi connectivity index (χ1n) is 9.14. The average molecular weight is 509 g/mol. The number of ether oxygens (including phenoxy) is 2. The van der Waals surface area contributed by atoms with E-state index >= 15 is 0 Å². The highest BCUT2D eigenvalue weighted by atomic mass is 127. The average Bonchev–Trinajstić information content (AvgIpc) is 3.06. The van der Waals surface area contributed by atoms with Crippen molar-refractivity contribution in [1.82, 2.24) is 10.3 Å². The number of hydrogen-bond acceptors (Lipinski definition) is 7. The molecule has 2 heterocycles. The van der Waals surface area contributed by atoms with E-state index in [-0.39, 0.29) is 18.6 Å². The van der Waals surface area contributed by atoms with Crippen LogP contribution in [0.25, 0.3) is 0 Å². The molecule has 160 valence electrons. The zero-order valence-corrected chi connectivity index (χ0v) is 19.4. The van der Waals surface area contributed by atoms with E-state index in [9.17, 15) is 15.0 Å². The van der Waals surface area contributed by atoms with Gasteiger partial charge < -0.3 is 29.9 Å². The zero-order valence-electron chi connectivity index (χ0n) is 17.2. The lowest BCUT2D eigenvalue weighted by atomic mass is 9.85. The molecule has 2 atom stereocenters. The molecule has 0 aliphatic carbocycles. The molecule has 0 spiro atoms. The molecule has 8 nitrogen and oxygen atoms in total. The second-order valence-corrected chi connectivity index (χ2v) is 8.25. The molecule has 0 aromatic carbocycles. The van der Waals surface area contributed by atoms with Crippen molar-refractivity contribution >= 4 is 34.3 Å². The quantitative estimate of drug-likeness (QED) is 0.371. The van der Waals surface area contributed by atoms with E-state index < -0.39 is 11.5 Å². The number of rotatable bonds is 7. The number of methoxy groups -OCH3 is 2. The van der Waals surface area contributed by atoms with Crippen molar-refractivity contribution in [2.24, 2.45) is 0 Å². The fourth-order valence-electron chi connectivity index (χ4n) is 2.98. The number of pyridine rings is 1. The molecular formula is C19H32IN3O5. The molecule has 1 saturated heterocycles. The summed E-state index contributed by atoms with van der Waals surface area (Å²) in [6.07, 6.45) is 1.81. The van der Waals surface area contributed by atoms with Gasteiger partial charge in [0, 0.05) is 37.6 Å². The number of hydrogen-bond donors (Lipinski definition) is 3. The lowest BCUT2D eigenvalue weighted by Gasteiger charge is -2.27. The van der Waals surface area contributed by atoms with Crippen molar-refractivity contribution in [2.45, 2.75) is 37.8 Å². The lowest BCUT2D eigenvalue weighted by Crippen LogP contribution is -2.39. The molecular weight excluding hydrogens is 477 g/mol. The molecule has 28 heavy (non-hydrogen) atoms. The molecule has 0 bridgehead atoms. The van der Waals surface area contributed by atoms with Crippen LogP contribution in [0.15, 0.2) is 12.3 Å². The number of carbonyl (C=O) groups excluding carboxylic acids is 1. The van der Waals surface area contributed by atoms with Crippen LogP contribution < -0.4 is 10.2 Å². The summed E-state index contributed by atoms with van der Waals surface area (Å²) in [4.78, 5) is 18.4. The van der Waals surface area contributed by atoms with Crippen molar-refractivity contribution in [3.8, 4) is 0 Å². The second-order valence-electron chi connectivity index (χ2n) is 7.09. The zero-order chi connectivity index (χ0) is 21.3. The highest BCUT2D eigenvalue weighted by Gasteiger charge is 2.34. The molecule has 1 amide bonds. The molecule has 2 unspecified atom stereocenters. The molecule has 1 aliphatic rings. The number of β-amino-alcohol motifs (C(OH)–C–C–N with tert-alkyl or cyclic N) is 1. The number of aliphatic hydroxyl groups excluding tert-OH is 2. The van der Waals surface area contributed by atoms with Crippen LogP contribution in [-0.4, -0.2) is 80.9 Å². The van der Waals surface area contributed by atoms with Crippen molar-refractivity contribution in [2.75, 3.05) is 52.5 Å². The summed E-state index contributed by atoms with van der Waals surface area (Å²) in [5.74, 6) is 0.654. The predicted octanol–water partition coefficient (Wildman–Crippen LogP) is 0.921. The standard InChI is InChI=1S/C15H22IN3O3.C4H10O2/c1-15(2,14(22)17-3)11-6-18-13(5-12(11)16)19-7-10(21)4-9(19)8-20;1-5-3-4-6-2/h5-6,9-10,20-21H,4,7-8H2,1-3H3,(H,17,22);3-4H2,1-2H3. The smallest absolute Gasteiger partial charge is 0.229 e. The van der Waals surface area contributed by atoms with Crippen LogP contribution >= 0.6 is 22.6 Å². The number of aromatic nitrogens is 1. The SMILES string of the molecule is CNC(=O)C(C)(C)c1cnc(N2CC(O)CC2CO)cc1I.COCCOC. The molecule has 9 heteroatoms. The van der Waals surface area contributed by atoms with Gasteiger partial charge in [-0.15, -0.1) is 0 Å². The van der Waals surface area contributed by atoms with E-state index in [2.05, 4.69) is 42.4 Å². The number of anilines is 1. The largest absolute Gasteiger partial charge is 0.394 e. The van der Waals surface area contributed by atoms with E-state index in [1.54, 1.807) is 27.5 Å². The summed E-state index contributed by atoms with van der Waals surface area (Å²) in [5.41, 5.74) is 0.189. The van der Waals surface area contributed by atoms with Gasteiger partial charge in [0.25, 0.3) is 0 Å². The fraction of sp³-hybridized carbons (Fsp3) is 0.684. The lowest BCUT2D eigenvalue weighted by molar-refractivity contribution is -0.125. The number of nitrogens with zero attached hydrogens (tertiary/aromatic N) is 2. The molecule has 1 aromatic rings. The minimum atomic E-state index is -0.669. The summed E-state index contributed by atoms with van der Waals surface area (Å²) < 4.78 is 10.3. The van der Waals surface area contributed by atoms with Crippen molar-refractivity contribution in [3.05, 3.63) is 21.4 Å². The maximum atomic E-state index is 12.0. The molecule has 1 aromatic heterocycles. The summed E-state index contributed by atoms with van der Waals surface area (Å²) in [5, 5.41) is 21.9. The van der Waals surface area contributed by atoms with Crippen LogP contribution in [0.2, 0.25) is 0 Å². The number of aliphatic hydroxyl groups is 2. The van der Waals surface area contributed by atoms with Gasteiger partial charge in [-0.05, 0) is 54.5 Å². The fourth-order valence-corrected chi connectivity index (χ4v) is 4.08. The molecule has 0 saturated carbocycles. The Kier molecular flexibility index (Phi) is 10.6. The maximum absolute atomic E-state index is 12.0. The first kappa shape index (κ1) is 25.0. The van der Waals surface area contributed by atoms with Gasteiger partial charge >= 0.3 is 0 Å². The number of halogens is 1. The van der Waals surface area contributed by atoms with Gasteiger partial charge in [0.05, 0.1) is 37.4 Å². The number of nitrogens with one attached hydrogen (secondary N) is 1. The first-order chi connectivity index (χ1) is 13.2. The Morgan fingerprint density at radius 1 is 1.39 bits per heavy atom. The van der Waals surface area contributed by atoms with Crippen molar-refractivity contribution in [3.63, 3.8) is 0 Å². The Balaban J connectivity index is 0.000000568. The van der Waals surface area contributed by atoms with Gasteiger partial charge in [-0.2, -0.15) is 0 Å². The highest BCUT2D eigenvalue weighted by Crippen LogP contribution is 2.31. The van der Waals surface area contributed by atoms with E-state index in [1.807, 2.05) is 24.8 Å². The van der Waals surface area contributed by atoms with E-state index in [0.29, 0.717) is 26.2 Å². The Labute approximate surface area is 180 Å². The van der Waals surface area contributed by atoms with Crippen LogP contribution in [0.5, 0.6) is 0 Å². The summed E-state index contributed by atoms with van der Waals surface area (Å²) in [6.45, 7) is 5.56. The third-order valence-corrected chi connectivity index (χ3v) is 5.59. The summed E-state index contributed by atoms with van der Waals surface area (Å²) >= 11 is 2.20. The van der Waals surface area contributed by atoms with Gasteiger partial charge in [-0.3, -0.25) is 4.79 Å². The third kappa shape index (κ3) is 6.51. The Morgan fingerprint density at radius 3 is 2.46 bits per heavy atom. The third-order valence-electron chi connectivity index (χ3n) is 4.70. The van der Waals surface area contributed by atoms with Crippen LogP contribution in [0.3, 0.4) is 0 Å². The molecule has 2 rings (SSSR count). The van der Waals surface area contributed by atoms with Gasteiger partial charge in [-0.1, -0.05) is 0 Å². The molecule has 1 aliphatic heterocycles. The van der Waals surface area contributed by atoms with Crippen LogP contribution in [0.1, 0.15) is 25.8 Å². The van der Waals surface area contributed by atoms with E-state index in [1.165, 1.54) is 0 Å². The number of amides is 1. The summed E-state index contributed by atoms with van der Waals surface area (Å²) in [6, 6.07) is 1.79. The Hall–Kier alpha value is -1.01. The van der Waals surface area contributed by atoms with Crippen LogP contribution in [0, 0.1) is 3.57 Å². The van der Waals surface area contributed by atoms with Crippen molar-refractivity contribution < 1.29 is 24.5 Å². The van der Waals surface area contributed by atoms with E-state index in [0.717, 1.165) is 15.0 Å². The van der Waals surface area contributed by atoms with Crippen LogP contribution in [-0.2, 0) is 19.7 Å². The molecule has 3 N–H and O–H groups in total. The van der Waals surface area contributed by atoms with Gasteiger partial charge in [0.2, 0.25) is 5.91 Å². The monoisotopic (exact) mass is 509 g/mol. The van der Waals surface area contributed by atoms with Crippen molar-refractivity contribution in [1.29, 1.82) is 0 Å². The molecule has 0 radical (unpaired) electrons. The summed E-state index contributed by atoms with van der Waals surface area (Å²) in [7, 11) is 4.92. The predicted molar refractivity (Wildman–Crippen MR) is 117 cm³/mol. The Bertz CT molecular complexity index is 626. The highest BCUT2D eigenvalue weighted by molar-refractivity contribution is 14.1. The topological polar surface area (TPSA) is 104 Å².